The van der Waals surface area contributed by atoms with Crippen LogP contribution < -0.4 is 11.1 Å². The summed E-state index contributed by atoms with van der Waals surface area (Å²) in [4.78, 5) is 18.2. The number of nitrogens with zero attached hydrogens (tertiary/aromatic N) is 3. The number of hydrogen-bond acceptors (Lipinski definition) is 7. The first-order valence-electron chi connectivity index (χ1n) is 6.52. The SMILES string of the molecule is CCC(CC)(CO)CNc1nc(N)nc(C)c1[N+](=O)[O-]. The van der Waals surface area contributed by atoms with Gasteiger partial charge in [0.1, 0.15) is 5.69 Å². The van der Waals surface area contributed by atoms with Gasteiger partial charge in [-0.3, -0.25) is 10.1 Å². The first-order chi connectivity index (χ1) is 9.39. The first kappa shape index (κ1) is 16.1. The number of nitrogen functional groups attached to an aromatic ring is 1. The molecule has 0 aliphatic carbocycles. The lowest BCUT2D eigenvalue weighted by Crippen LogP contribution is -2.32. The smallest absolute Gasteiger partial charge is 0.332 e. The fraction of sp³-hybridized carbons (Fsp3) is 0.667. The highest BCUT2D eigenvalue weighted by Gasteiger charge is 2.28. The van der Waals surface area contributed by atoms with Gasteiger partial charge < -0.3 is 16.2 Å². The van der Waals surface area contributed by atoms with Crippen LogP contribution in [0.1, 0.15) is 32.4 Å². The minimum absolute atomic E-state index is 0.000343. The van der Waals surface area contributed by atoms with E-state index in [1.54, 1.807) is 0 Å². The summed E-state index contributed by atoms with van der Waals surface area (Å²) in [7, 11) is 0. The van der Waals surface area contributed by atoms with Crippen LogP contribution in [0.15, 0.2) is 0 Å². The van der Waals surface area contributed by atoms with Crippen LogP contribution in [0, 0.1) is 22.5 Å². The normalized spacial score (nSPS) is 11.4. The van der Waals surface area contributed by atoms with Crippen molar-refractivity contribution >= 4 is 17.5 Å². The monoisotopic (exact) mass is 283 g/mol. The molecular weight excluding hydrogens is 262 g/mol. The highest BCUT2D eigenvalue weighted by atomic mass is 16.6. The molecule has 0 radical (unpaired) electrons. The zero-order valence-electron chi connectivity index (χ0n) is 12.0. The highest BCUT2D eigenvalue weighted by Crippen LogP contribution is 2.30. The van der Waals surface area contributed by atoms with Crippen LogP contribution in [0.4, 0.5) is 17.5 Å². The lowest BCUT2D eigenvalue weighted by Gasteiger charge is -2.29. The summed E-state index contributed by atoms with van der Waals surface area (Å²) in [6, 6.07) is 0. The molecule has 0 saturated heterocycles. The standard InChI is InChI=1S/C12H21N5O3/c1-4-12(5-2,7-18)6-14-10-9(17(19)20)8(3)15-11(13)16-10/h18H,4-7H2,1-3H3,(H3,13,14,15,16). The Morgan fingerprint density at radius 1 is 1.40 bits per heavy atom. The molecule has 8 nitrogen and oxygen atoms in total. The molecule has 0 spiro atoms. The summed E-state index contributed by atoms with van der Waals surface area (Å²) in [5, 5.41) is 23.5. The fourth-order valence-electron chi connectivity index (χ4n) is 1.98. The van der Waals surface area contributed by atoms with E-state index < -0.39 is 4.92 Å². The predicted octanol–water partition coefficient (Wildman–Crippen LogP) is 1.49. The third kappa shape index (κ3) is 3.32. The van der Waals surface area contributed by atoms with Crippen LogP contribution in [0.2, 0.25) is 0 Å². The highest BCUT2D eigenvalue weighted by molar-refractivity contribution is 5.60. The molecule has 0 saturated carbocycles. The second-order valence-electron chi connectivity index (χ2n) is 4.84. The molecule has 4 N–H and O–H groups in total. The molecule has 0 bridgehead atoms. The van der Waals surface area contributed by atoms with E-state index in [9.17, 15) is 15.2 Å². The Balaban J connectivity index is 3.06. The quantitative estimate of drug-likeness (QED) is 0.511. The van der Waals surface area contributed by atoms with Gasteiger partial charge in [0.25, 0.3) is 0 Å². The van der Waals surface area contributed by atoms with Crippen LogP contribution in [0.25, 0.3) is 0 Å². The maximum absolute atomic E-state index is 11.1. The molecule has 20 heavy (non-hydrogen) atoms. The number of aryl methyl sites for hydroxylation is 1. The second kappa shape index (κ2) is 6.47. The van der Waals surface area contributed by atoms with Crippen molar-refractivity contribution in [2.45, 2.75) is 33.6 Å². The number of nitrogens with two attached hydrogens (primary N) is 1. The maximum atomic E-state index is 11.1. The van der Waals surface area contributed by atoms with Gasteiger partial charge in [0.15, 0.2) is 0 Å². The number of anilines is 2. The molecule has 8 heteroatoms. The Kier molecular flexibility index (Phi) is 5.20. The van der Waals surface area contributed by atoms with Gasteiger partial charge in [0.2, 0.25) is 11.8 Å². The lowest BCUT2D eigenvalue weighted by molar-refractivity contribution is -0.385. The van der Waals surface area contributed by atoms with Crippen LogP contribution in [-0.2, 0) is 0 Å². The van der Waals surface area contributed by atoms with Crippen molar-refractivity contribution in [3.05, 3.63) is 15.8 Å². The van der Waals surface area contributed by atoms with Gasteiger partial charge in [-0.25, -0.2) is 4.98 Å². The Morgan fingerprint density at radius 3 is 2.45 bits per heavy atom. The Bertz CT molecular complexity index is 480. The maximum Gasteiger partial charge on any atom is 0.332 e. The molecule has 0 atom stereocenters. The Morgan fingerprint density at radius 2 is 2.00 bits per heavy atom. The Hall–Kier alpha value is -1.96. The third-order valence-corrected chi connectivity index (χ3v) is 3.72. The number of nitrogens with one attached hydrogen (secondary N) is 1. The fourth-order valence-corrected chi connectivity index (χ4v) is 1.98. The molecule has 1 heterocycles. The minimum Gasteiger partial charge on any atom is -0.396 e. The summed E-state index contributed by atoms with van der Waals surface area (Å²) in [6.45, 7) is 5.83. The van der Waals surface area contributed by atoms with Crippen LogP contribution >= 0.6 is 0 Å². The predicted molar refractivity (Wildman–Crippen MR) is 76.4 cm³/mol. The molecule has 1 rings (SSSR count). The van der Waals surface area contributed by atoms with E-state index in [0.29, 0.717) is 6.54 Å². The van der Waals surface area contributed by atoms with E-state index in [1.165, 1.54) is 6.92 Å². The molecule has 0 amide bonds. The Labute approximate surface area is 117 Å². The van der Waals surface area contributed by atoms with Crippen molar-refractivity contribution in [2.75, 3.05) is 24.2 Å². The van der Waals surface area contributed by atoms with Gasteiger partial charge in [0.05, 0.1) is 11.5 Å². The van der Waals surface area contributed by atoms with Crippen molar-refractivity contribution in [2.24, 2.45) is 5.41 Å². The van der Waals surface area contributed by atoms with Crippen molar-refractivity contribution in [1.29, 1.82) is 0 Å². The van der Waals surface area contributed by atoms with Crippen molar-refractivity contribution in [3.63, 3.8) is 0 Å². The van der Waals surface area contributed by atoms with Crippen molar-refractivity contribution < 1.29 is 10.0 Å². The molecule has 0 unspecified atom stereocenters. The third-order valence-electron chi connectivity index (χ3n) is 3.72. The minimum atomic E-state index is -0.532. The molecule has 112 valence electrons. The first-order valence-corrected chi connectivity index (χ1v) is 6.52. The van der Waals surface area contributed by atoms with Crippen LogP contribution in [0.5, 0.6) is 0 Å². The van der Waals surface area contributed by atoms with Crippen LogP contribution in [0.3, 0.4) is 0 Å². The van der Waals surface area contributed by atoms with E-state index in [1.807, 2.05) is 13.8 Å². The van der Waals surface area contributed by atoms with E-state index in [-0.39, 0.29) is 35.2 Å². The van der Waals surface area contributed by atoms with Gasteiger partial charge in [-0.1, -0.05) is 13.8 Å². The van der Waals surface area contributed by atoms with Crippen molar-refractivity contribution in [3.8, 4) is 0 Å². The topological polar surface area (TPSA) is 127 Å². The zero-order chi connectivity index (χ0) is 15.3. The molecular formula is C12H21N5O3. The summed E-state index contributed by atoms with van der Waals surface area (Å²) in [6.07, 6.45) is 1.50. The van der Waals surface area contributed by atoms with Gasteiger partial charge in [-0.2, -0.15) is 4.98 Å². The van der Waals surface area contributed by atoms with Gasteiger partial charge in [0, 0.05) is 12.0 Å². The van der Waals surface area contributed by atoms with Crippen LogP contribution in [-0.4, -0.2) is 33.1 Å². The van der Waals surface area contributed by atoms with Gasteiger partial charge in [-0.05, 0) is 19.8 Å². The zero-order valence-corrected chi connectivity index (χ0v) is 12.0. The number of hydrogen-bond donors (Lipinski definition) is 3. The summed E-state index contributed by atoms with van der Waals surface area (Å²) >= 11 is 0. The van der Waals surface area contributed by atoms with Gasteiger partial charge in [-0.15, -0.1) is 0 Å². The summed E-state index contributed by atoms with van der Waals surface area (Å²) in [5.41, 5.74) is 5.23. The van der Waals surface area contributed by atoms with E-state index in [4.69, 9.17) is 5.73 Å². The van der Waals surface area contributed by atoms with Gasteiger partial charge >= 0.3 is 5.69 Å². The number of rotatable bonds is 7. The van der Waals surface area contributed by atoms with E-state index in [0.717, 1.165) is 12.8 Å². The molecule has 0 aliphatic heterocycles. The molecule has 0 aromatic carbocycles. The molecule has 0 fully saturated rings. The second-order valence-corrected chi connectivity index (χ2v) is 4.84. The number of aliphatic hydroxyl groups excluding tert-OH is 1. The van der Waals surface area contributed by atoms with E-state index in [2.05, 4.69) is 15.3 Å². The summed E-state index contributed by atoms with van der Waals surface area (Å²) < 4.78 is 0. The molecule has 0 aliphatic rings. The van der Waals surface area contributed by atoms with Crippen molar-refractivity contribution in [1.82, 2.24) is 9.97 Å². The number of nitro groups is 1. The molecule has 1 aromatic rings. The van der Waals surface area contributed by atoms with E-state index >= 15 is 0 Å². The average molecular weight is 283 g/mol. The molecule has 1 aromatic heterocycles. The summed E-state index contributed by atoms with van der Waals surface area (Å²) in [5.74, 6) is 0.0814. The number of aliphatic hydroxyl groups is 1. The average Bonchev–Trinajstić information content (AvgIpc) is 2.39. The number of aromatic nitrogens is 2. The largest absolute Gasteiger partial charge is 0.396 e. The lowest BCUT2D eigenvalue weighted by atomic mass is 9.83.